The lowest BCUT2D eigenvalue weighted by molar-refractivity contribution is -0.870. The number of allylic oxidation sites excluding steroid dienone is 38. The lowest BCUT2D eigenvalue weighted by Gasteiger charge is -2.24. The summed E-state index contributed by atoms with van der Waals surface area (Å²) >= 11 is 0. The summed E-state index contributed by atoms with van der Waals surface area (Å²) in [6.07, 6.45) is 116. The maximum absolute atomic E-state index is 12.9. The van der Waals surface area contributed by atoms with Crippen molar-refractivity contribution >= 4 is 19.8 Å². The van der Waals surface area contributed by atoms with Gasteiger partial charge in [-0.25, -0.2) is 4.57 Å². The molecule has 0 heterocycles. The molecule has 0 radical (unpaired) electrons. The molecule has 0 aliphatic carbocycles. The SMILES string of the molecule is CC/C=C\C/C=C\C/C=C\C/C=C\C/C=C\C/C=C\C/C=C\C/C=C\C/C=C\C/C=C\C/C=C\C/C=C\CCCCCCC(=O)OC(COC(=O)CCCCCCCCC/C=C\C/C=C\C/C=C\C/C=C\C/C=C\C/C=C\C/C=C\CC)COP(=O)(O)OCC[N+](C)(C)C. The number of phosphoric acid groups is 1. The van der Waals surface area contributed by atoms with Gasteiger partial charge >= 0.3 is 19.8 Å². The zero-order valence-corrected chi connectivity index (χ0v) is 60.5. The number of phosphoric ester groups is 1. The molecule has 0 aromatic heterocycles. The summed E-state index contributed by atoms with van der Waals surface area (Å²) in [7, 11) is 1.42. The fraction of sp³-hybridized carbons (Fsp3) is 0.524. The van der Waals surface area contributed by atoms with Crippen LogP contribution < -0.4 is 0 Å². The number of hydrogen-bond donors (Lipinski definition) is 1. The number of quaternary nitrogens is 1. The van der Waals surface area contributed by atoms with E-state index in [0.717, 1.165) is 173 Å². The van der Waals surface area contributed by atoms with Crippen molar-refractivity contribution in [1.29, 1.82) is 0 Å². The molecule has 0 bridgehead atoms. The third-order valence-corrected chi connectivity index (χ3v) is 15.2. The third-order valence-electron chi connectivity index (χ3n) is 14.2. The fourth-order valence-corrected chi connectivity index (χ4v) is 9.48. The minimum Gasteiger partial charge on any atom is -0.462 e. The average molecular weight is 1310 g/mol. The molecule has 1 N–H and O–H groups in total. The summed E-state index contributed by atoms with van der Waals surface area (Å²) in [4.78, 5) is 35.9. The molecule has 10 heteroatoms. The van der Waals surface area contributed by atoms with Crippen LogP contribution in [-0.2, 0) is 32.7 Å². The second kappa shape index (κ2) is 71.4. The van der Waals surface area contributed by atoms with Gasteiger partial charge < -0.3 is 18.9 Å². The van der Waals surface area contributed by atoms with Gasteiger partial charge in [-0.1, -0.05) is 290 Å². The molecule has 2 atom stereocenters. The Labute approximate surface area is 575 Å². The number of rotatable bonds is 63. The molecule has 0 aromatic carbocycles. The van der Waals surface area contributed by atoms with Crippen LogP contribution in [-0.4, -0.2) is 74.9 Å². The van der Waals surface area contributed by atoms with E-state index in [2.05, 4.69) is 245 Å². The zero-order valence-electron chi connectivity index (χ0n) is 59.6. The first-order chi connectivity index (χ1) is 46.0. The molecular formula is C84H131NO8P+. The summed E-state index contributed by atoms with van der Waals surface area (Å²) in [6.45, 7) is 4.13. The highest BCUT2D eigenvalue weighted by atomic mass is 31.2. The Morgan fingerprint density at radius 3 is 0.851 bits per heavy atom. The second-order valence-corrected chi connectivity index (χ2v) is 25.6. The van der Waals surface area contributed by atoms with Crippen molar-refractivity contribution in [2.75, 3.05) is 47.5 Å². The Morgan fingerprint density at radius 1 is 0.330 bits per heavy atom. The molecule has 9 nitrogen and oxygen atoms in total. The van der Waals surface area contributed by atoms with Crippen LogP contribution in [0.3, 0.4) is 0 Å². The number of carbonyl (C=O) groups excluding carboxylic acids is 2. The highest BCUT2D eigenvalue weighted by Crippen LogP contribution is 2.43. The van der Waals surface area contributed by atoms with Gasteiger partial charge in [0.1, 0.15) is 19.8 Å². The van der Waals surface area contributed by atoms with E-state index in [1.165, 1.54) is 19.3 Å². The van der Waals surface area contributed by atoms with Crippen molar-refractivity contribution in [2.45, 2.75) is 238 Å². The minimum atomic E-state index is -4.42. The van der Waals surface area contributed by atoms with Gasteiger partial charge in [0.25, 0.3) is 0 Å². The van der Waals surface area contributed by atoms with Crippen LogP contribution in [0.5, 0.6) is 0 Å². The van der Waals surface area contributed by atoms with E-state index >= 15 is 0 Å². The highest BCUT2D eigenvalue weighted by molar-refractivity contribution is 7.47. The van der Waals surface area contributed by atoms with Gasteiger partial charge in [0, 0.05) is 12.8 Å². The van der Waals surface area contributed by atoms with E-state index in [1.54, 1.807) is 0 Å². The quantitative estimate of drug-likeness (QED) is 0.0211. The molecule has 524 valence electrons. The average Bonchev–Trinajstić information content (AvgIpc) is 1.57. The number of hydrogen-bond acceptors (Lipinski definition) is 7. The summed E-state index contributed by atoms with van der Waals surface area (Å²) in [5.41, 5.74) is 0. The van der Waals surface area contributed by atoms with Gasteiger partial charge in [0.15, 0.2) is 6.10 Å². The van der Waals surface area contributed by atoms with Crippen LogP contribution in [0.1, 0.15) is 232 Å². The predicted molar refractivity (Wildman–Crippen MR) is 407 cm³/mol. The Bertz CT molecular complexity index is 2440. The first-order valence-corrected chi connectivity index (χ1v) is 37.6. The summed E-state index contributed by atoms with van der Waals surface area (Å²) in [6, 6.07) is 0. The Hall–Kier alpha value is -5.93. The van der Waals surface area contributed by atoms with E-state index in [9.17, 15) is 19.0 Å². The van der Waals surface area contributed by atoms with E-state index in [0.29, 0.717) is 23.9 Å². The summed E-state index contributed by atoms with van der Waals surface area (Å²) < 4.78 is 34.7. The standard InChI is InChI=1S/C84H130NO8P/c1-6-8-10-12-14-16-18-20-22-24-26-28-30-32-34-36-37-38-39-40-41-42-43-44-45-46-47-49-51-53-55-57-59-61-63-65-67-69-71-73-75-77-84(87)93-82(81-92-94(88,89)91-79-78-85(3,4)5)80-90-83(86)76-74-72-70-68-66-64-62-60-58-56-54-52-50-48-35-33-31-29-27-25-23-21-19-17-15-13-11-9-7-2/h8-11,14-17,20-23,26-29,32-35,37-38,40-41,43-44,46-47,50-53,56-59,63,65,82H,6-7,12-13,18-19,24-25,30-31,36,39,42,45,48-49,54-55,60-62,64,66-81H2,1-5H3/p+1/b10-8-,11-9-,16-14-,17-15-,22-20-,23-21-,28-26-,29-27-,34-32-,35-33-,38-37-,41-40-,44-43-,47-46-,52-50-,53-51-,58-56-,59-57-,65-63-. The first-order valence-electron chi connectivity index (χ1n) is 36.1. The topological polar surface area (TPSA) is 108 Å². The van der Waals surface area contributed by atoms with Crippen LogP contribution in [0.2, 0.25) is 0 Å². The number of likely N-dealkylation sites (N-methyl/N-ethyl adjacent to an activating group) is 1. The highest BCUT2D eigenvalue weighted by Gasteiger charge is 2.27. The molecule has 2 unspecified atom stereocenters. The second-order valence-electron chi connectivity index (χ2n) is 24.2. The van der Waals surface area contributed by atoms with Crippen molar-refractivity contribution in [1.82, 2.24) is 0 Å². The van der Waals surface area contributed by atoms with Crippen molar-refractivity contribution < 1.29 is 42.1 Å². The van der Waals surface area contributed by atoms with Gasteiger partial charge in [-0.15, -0.1) is 0 Å². The fourth-order valence-electron chi connectivity index (χ4n) is 8.74. The van der Waals surface area contributed by atoms with Gasteiger partial charge in [0.05, 0.1) is 27.7 Å². The van der Waals surface area contributed by atoms with Gasteiger partial charge in [-0.05, 0) is 161 Å². The maximum Gasteiger partial charge on any atom is 0.472 e. The number of esters is 2. The maximum atomic E-state index is 12.9. The number of carbonyl (C=O) groups is 2. The molecule has 0 aliphatic rings. The monoisotopic (exact) mass is 1310 g/mol. The molecule has 0 fully saturated rings. The van der Waals surface area contributed by atoms with Gasteiger partial charge in [0.2, 0.25) is 0 Å². The van der Waals surface area contributed by atoms with Crippen LogP contribution in [0.25, 0.3) is 0 Å². The minimum absolute atomic E-state index is 0.0109. The number of nitrogens with zero attached hydrogens (tertiary/aromatic N) is 1. The largest absolute Gasteiger partial charge is 0.472 e. The zero-order chi connectivity index (χ0) is 68.3. The van der Waals surface area contributed by atoms with Crippen molar-refractivity contribution in [3.63, 3.8) is 0 Å². The molecule has 0 amide bonds. The normalized spacial score (nSPS) is 14.5. The Kier molecular flexibility index (Phi) is 66.9. The molecule has 0 rings (SSSR count). The van der Waals surface area contributed by atoms with Crippen LogP contribution in [0.15, 0.2) is 231 Å². The number of ether oxygens (including phenoxy) is 2. The van der Waals surface area contributed by atoms with Gasteiger partial charge in [-0.3, -0.25) is 18.6 Å². The lowest BCUT2D eigenvalue weighted by atomic mass is 10.1. The Morgan fingerprint density at radius 2 is 0.574 bits per heavy atom. The molecule has 0 saturated heterocycles. The molecule has 0 spiro atoms. The molecule has 0 aliphatic heterocycles. The molecule has 0 saturated carbocycles. The van der Waals surface area contributed by atoms with Gasteiger partial charge in [-0.2, -0.15) is 0 Å². The van der Waals surface area contributed by atoms with Crippen LogP contribution in [0, 0.1) is 0 Å². The smallest absolute Gasteiger partial charge is 0.462 e. The lowest BCUT2D eigenvalue weighted by Crippen LogP contribution is -2.37. The summed E-state index contributed by atoms with van der Waals surface area (Å²) in [5, 5.41) is 0. The Balaban J connectivity index is 4.23. The van der Waals surface area contributed by atoms with Crippen LogP contribution >= 0.6 is 7.82 Å². The number of unbranched alkanes of at least 4 members (excludes halogenated alkanes) is 11. The predicted octanol–water partition coefficient (Wildman–Crippen LogP) is 24.2. The van der Waals surface area contributed by atoms with Crippen molar-refractivity contribution in [3.8, 4) is 0 Å². The molecule has 94 heavy (non-hydrogen) atoms. The van der Waals surface area contributed by atoms with Crippen molar-refractivity contribution in [2.24, 2.45) is 0 Å². The van der Waals surface area contributed by atoms with E-state index in [-0.39, 0.29) is 26.1 Å². The van der Waals surface area contributed by atoms with E-state index in [4.69, 9.17) is 18.5 Å². The van der Waals surface area contributed by atoms with E-state index in [1.807, 2.05) is 21.1 Å². The van der Waals surface area contributed by atoms with E-state index < -0.39 is 32.5 Å². The molecule has 0 aromatic rings. The molecular weight excluding hydrogens is 1180 g/mol. The van der Waals surface area contributed by atoms with Crippen molar-refractivity contribution in [3.05, 3.63) is 231 Å². The third kappa shape index (κ3) is 75.1. The summed E-state index contributed by atoms with van der Waals surface area (Å²) in [5.74, 6) is -0.859. The van der Waals surface area contributed by atoms with Crippen LogP contribution in [0.4, 0.5) is 0 Å². The first kappa shape index (κ1) is 88.1.